The molecule has 0 spiro atoms. The number of nitrogens with one attached hydrogen (secondary N) is 1. The van der Waals surface area contributed by atoms with Gasteiger partial charge in [0.1, 0.15) is 5.82 Å². The average Bonchev–Trinajstić information content (AvgIpc) is 2.67. The van der Waals surface area contributed by atoms with Crippen LogP contribution in [-0.2, 0) is 6.42 Å². The number of nitrogens with two attached hydrogens (primary N) is 1. The third kappa shape index (κ3) is 3.13. The Morgan fingerprint density at radius 3 is 2.82 bits per heavy atom. The van der Waals surface area contributed by atoms with Crippen LogP contribution in [0.25, 0.3) is 11.3 Å². The molecule has 0 radical (unpaired) electrons. The van der Waals surface area contributed by atoms with Crippen molar-refractivity contribution >= 4 is 11.9 Å². The van der Waals surface area contributed by atoms with Crippen LogP contribution in [0.15, 0.2) is 36.4 Å². The fourth-order valence-corrected chi connectivity index (χ4v) is 3.49. The molecule has 2 aromatic heterocycles. The lowest BCUT2D eigenvalue weighted by molar-refractivity contribution is 0.0922. The number of anilines is 1. The predicted molar refractivity (Wildman–Crippen MR) is 101 cm³/mol. The number of fused-ring (bicyclic) bond motifs is 1. The van der Waals surface area contributed by atoms with Gasteiger partial charge in [-0.3, -0.25) is 4.79 Å². The third-order valence-electron chi connectivity index (χ3n) is 4.71. The minimum atomic E-state index is -0.405. The highest BCUT2D eigenvalue weighted by Crippen LogP contribution is 2.33. The summed E-state index contributed by atoms with van der Waals surface area (Å²) in [7, 11) is 1.52. The number of ether oxygens (including phenoxy) is 1. The zero-order chi connectivity index (χ0) is 19.8. The Kier molecular flexibility index (Phi) is 4.38. The molecule has 1 aliphatic rings. The van der Waals surface area contributed by atoms with Gasteiger partial charge in [0.05, 0.1) is 35.8 Å². The lowest BCUT2D eigenvalue weighted by Crippen LogP contribution is -2.37. The molecule has 1 atom stereocenters. The lowest BCUT2D eigenvalue weighted by Gasteiger charge is -2.27. The molecular weight excluding hydrogens is 361 g/mol. The maximum atomic E-state index is 14.0. The molecule has 0 fully saturated rings. The van der Waals surface area contributed by atoms with Crippen molar-refractivity contribution in [3.05, 3.63) is 64.7 Å². The molecular formula is C20H18FN5O2. The Bertz CT molecular complexity index is 1090. The van der Waals surface area contributed by atoms with E-state index in [0.29, 0.717) is 40.5 Å². The second-order valence-corrected chi connectivity index (χ2v) is 6.52. The van der Waals surface area contributed by atoms with Crippen LogP contribution < -0.4 is 15.8 Å². The number of hydrogen-bond donors (Lipinski definition) is 2. The number of rotatable bonds is 3. The van der Waals surface area contributed by atoms with Gasteiger partial charge in [0.15, 0.2) is 0 Å². The summed E-state index contributed by atoms with van der Waals surface area (Å²) < 4.78 is 19.2. The zero-order valence-electron chi connectivity index (χ0n) is 15.4. The highest BCUT2D eigenvalue weighted by atomic mass is 19.1. The van der Waals surface area contributed by atoms with E-state index in [2.05, 4.69) is 20.3 Å². The van der Waals surface area contributed by atoms with Crippen LogP contribution in [0.1, 0.15) is 33.4 Å². The fourth-order valence-electron chi connectivity index (χ4n) is 3.49. The molecule has 8 heteroatoms. The number of benzene rings is 1. The van der Waals surface area contributed by atoms with E-state index >= 15 is 0 Å². The van der Waals surface area contributed by atoms with E-state index in [1.807, 2.05) is 0 Å². The second-order valence-electron chi connectivity index (χ2n) is 6.52. The number of aryl methyl sites for hydroxylation is 1. The highest BCUT2D eigenvalue weighted by molar-refractivity contribution is 5.98. The van der Waals surface area contributed by atoms with Crippen molar-refractivity contribution in [3.8, 4) is 17.1 Å². The van der Waals surface area contributed by atoms with Crippen LogP contribution in [-0.4, -0.2) is 28.0 Å². The molecule has 28 heavy (non-hydrogen) atoms. The van der Waals surface area contributed by atoms with E-state index < -0.39 is 11.9 Å². The van der Waals surface area contributed by atoms with Crippen molar-refractivity contribution in [1.29, 1.82) is 0 Å². The lowest BCUT2D eigenvalue weighted by atomic mass is 9.90. The number of nitrogens with zero attached hydrogens (tertiary/aromatic N) is 3. The van der Waals surface area contributed by atoms with E-state index in [1.54, 1.807) is 31.2 Å². The minimum Gasteiger partial charge on any atom is -0.481 e. The minimum absolute atomic E-state index is 0.124. The summed E-state index contributed by atoms with van der Waals surface area (Å²) in [5.74, 6) is -0.133. The first kappa shape index (κ1) is 17.8. The van der Waals surface area contributed by atoms with Gasteiger partial charge < -0.3 is 15.8 Å². The maximum Gasteiger partial charge on any atom is 0.255 e. The van der Waals surface area contributed by atoms with Gasteiger partial charge in [0.25, 0.3) is 5.91 Å². The van der Waals surface area contributed by atoms with Crippen LogP contribution in [0.4, 0.5) is 10.3 Å². The van der Waals surface area contributed by atoms with E-state index in [1.165, 1.54) is 19.2 Å². The molecule has 0 bridgehead atoms. The number of carbonyl (C=O) groups excluding carboxylic acids is 1. The summed E-state index contributed by atoms with van der Waals surface area (Å²) >= 11 is 0. The number of pyridine rings is 1. The normalized spacial score (nSPS) is 15.7. The fraction of sp³-hybridized carbons (Fsp3) is 0.200. The average molecular weight is 379 g/mol. The Morgan fingerprint density at radius 2 is 2.04 bits per heavy atom. The molecule has 3 aromatic rings. The molecule has 7 nitrogen and oxygen atoms in total. The number of methoxy groups -OCH3 is 1. The topological polar surface area (TPSA) is 103 Å². The molecule has 0 saturated carbocycles. The smallest absolute Gasteiger partial charge is 0.255 e. The summed E-state index contributed by atoms with van der Waals surface area (Å²) in [6.07, 6.45) is 0.414. The molecule has 1 aliphatic heterocycles. The van der Waals surface area contributed by atoms with Gasteiger partial charge in [-0.15, -0.1) is 0 Å². The monoisotopic (exact) mass is 379 g/mol. The SMILES string of the molecule is COc1cccc(-c2cc(F)ccc2[C@H]2Cc3nc(N)nc(C)c3C(=O)N2)n1. The van der Waals surface area contributed by atoms with Crippen molar-refractivity contribution in [2.24, 2.45) is 0 Å². The van der Waals surface area contributed by atoms with Crippen LogP contribution in [0, 0.1) is 12.7 Å². The Balaban J connectivity index is 1.81. The number of amides is 1. The predicted octanol–water partition coefficient (Wildman–Crippen LogP) is 2.60. The van der Waals surface area contributed by atoms with Crippen LogP contribution in [0.3, 0.4) is 0 Å². The molecule has 0 unspecified atom stereocenters. The number of carbonyl (C=O) groups is 1. The van der Waals surface area contributed by atoms with E-state index in [4.69, 9.17) is 10.5 Å². The highest BCUT2D eigenvalue weighted by Gasteiger charge is 2.30. The third-order valence-corrected chi connectivity index (χ3v) is 4.71. The molecule has 1 amide bonds. The van der Waals surface area contributed by atoms with E-state index in [-0.39, 0.29) is 11.9 Å². The summed E-state index contributed by atoms with van der Waals surface area (Å²) in [5.41, 5.74) is 9.16. The molecule has 0 saturated heterocycles. The number of nitrogen functional groups attached to an aromatic ring is 1. The largest absolute Gasteiger partial charge is 0.481 e. The van der Waals surface area contributed by atoms with E-state index in [9.17, 15) is 9.18 Å². The van der Waals surface area contributed by atoms with Crippen molar-refractivity contribution in [2.75, 3.05) is 12.8 Å². The number of halogens is 1. The first-order valence-electron chi connectivity index (χ1n) is 8.71. The molecule has 3 N–H and O–H groups in total. The molecule has 0 aliphatic carbocycles. The molecule has 1 aromatic carbocycles. The Hall–Kier alpha value is -3.55. The zero-order valence-corrected chi connectivity index (χ0v) is 15.4. The quantitative estimate of drug-likeness (QED) is 0.725. The first-order valence-corrected chi connectivity index (χ1v) is 8.71. The molecule has 142 valence electrons. The summed E-state index contributed by atoms with van der Waals surface area (Å²) in [5, 5.41) is 2.97. The van der Waals surface area contributed by atoms with Gasteiger partial charge >= 0.3 is 0 Å². The van der Waals surface area contributed by atoms with Crippen molar-refractivity contribution in [1.82, 2.24) is 20.3 Å². The maximum absolute atomic E-state index is 14.0. The molecule has 4 rings (SSSR count). The van der Waals surface area contributed by atoms with Crippen molar-refractivity contribution < 1.29 is 13.9 Å². The standard InChI is InChI=1S/C20H18FN5O2/c1-10-18-16(26-20(22)23-10)9-15(25-19(18)27)12-7-6-11(21)8-13(12)14-4-3-5-17(24-14)28-2/h3-8,15H,9H2,1-2H3,(H,25,27)(H2,22,23,26)/t15-/m1/s1. The van der Waals surface area contributed by atoms with Crippen molar-refractivity contribution in [3.63, 3.8) is 0 Å². The molecule has 3 heterocycles. The number of hydrogen-bond acceptors (Lipinski definition) is 6. The second kappa shape index (κ2) is 6.88. The van der Waals surface area contributed by atoms with Gasteiger partial charge in [-0.1, -0.05) is 12.1 Å². The van der Waals surface area contributed by atoms with Crippen LogP contribution in [0.5, 0.6) is 5.88 Å². The number of aromatic nitrogens is 3. The van der Waals surface area contributed by atoms with Crippen LogP contribution >= 0.6 is 0 Å². The first-order chi connectivity index (χ1) is 13.5. The Labute approximate surface area is 160 Å². The Morgan fingerprint density at radius 1 is 1.21 bits per heavy atom. The van der Waals surface area contributed by atoms with E-state index in [0.717, 1.165) is 5.56 Å². The van der Waals surface area contributed by atoms with Gasteiger partial charge in [-0.25, -0.2) is 19.3 Å². The summed E-state index contributed by atoms with van der Waals surface area (Å²) in [4.78, 5) is 25.4. The van der Waals surface area contributed by atoms with Gasteiger partial charge in [-0.2, -0.15) is 0 Å². The summed E-state index contributed by atoms with van der Waals surface area (Å²) in [6, 6.07) is 9.27. The van der Waals surface area contributed by atoms with Gasteiger partial charge in [0.2, 0.25) is 11.8 Å². The van der Waals surface area contributed by atoms with Crippen molar-refractivity contribution in [2.45, 2.75) is 19.4 Å². The van der Waals surface area contributed by atoms with Gasteiger partial charge in [-0.05, 0) is 30.7 Å². The summed E-state index contributed by atoms with van der Waals surface area (Å²) in [6.45, 7) is 1.72. The van der Waals surface area contributed by atoms with Crippen LogP contribution in [0.2, 0.25) is 0 Å². The van der Waals surface area contributed by atoms with Gasteiger partial charge in [0, 0.05) is 18.1 Å².